The van der Waals surface area contributed by atoms with E-state index in [9.17, 15) is 0 Å². The number of anilines is 3. The molecular formula is C58H39NS. The summed E-state index contributed by atoms with van der Waals surface area (Å²) in [6.45, 7) is 4.75. The van der Waals surface area contributed by atoms with Gasteiger partial charge in [-0.05, 0) is 132 Å². The van der Waals surface area contributed by atoms with E-state index < -0.39 is 5.41 Å². The highest BCUT2D eigenvalue weighted by molar-refractivity contribution is 7.25. The largest absolute Gasteiger partial charge is 0.310 e. The molecule has 13 rings (SSSR count). The van der Waals surface area contributed by atoms with Crippen LogP contribution in [0.4, 0.5) is 17.1 Å². The third-order valence-electron chi connectivity index (χ3n) is 13.9. The minimum Gasteiger partial charge on any atom is -0.310 e. The molecule has 3 aliphatic rings. The van der Waals surface area contributed by atoms with Crippen molar-refractivity contribution in [2.75, 3.05) is 4.90 Å². The fourth-order valence-electron chi connectivity index (χ4n) is 11.2. The Bertz CT molecular complexity index is 3370. The second kappa shape index (κ2) is 12.3. The minimum atomic E-state index is -0.428. The zero-order valence-corrected chi connectivity index (χ0v) is 34.2. The van der Waals surface area contributed by atoms with Gasteiger partial charge in [0.1, 0.15) is 0 Å². The van der Waals surface area contributed by atoms with Crippen LogP contribution in [0.25, 0.3) is 64.7 Å². The summed E-state index contributed by atoms with van der Waals surface area (Å²) < 4.78 is 2.65. The topological polar surface area (TPSA) is 3.24 Å². The summed E-state index contributed by atoms with van der Waals surface area (Å²) in [6, 6.07) is 75.5. The molecule has 0 atom stereocenters. The number of rotatable bonds is 4. The van der Waals surface area contributed by atoms with Crippen molar-refractivity contribution in [3.8, 4) is 44.5 Å². The number of hydrogen-bond acceptors (Lipinski definition) is 2. The van der Waals surface area contributed by atoms with E-state index in [1.54, 1.807) is 0 Å². The first-order valence-electron chi connectivity index (χ1n) is 21.0. The van der Waals surface area contributed by atoms with E-state index >= 15 is 0 Å². The zero-order valence-electron chi connectivity index (χ0n) is 33.4. The van der Waals surface area contributed by atoms with Gasteiger partial charge < -0.3 is 4.90 Å². The van der Waals surface area contributed by atoms with Crippen LogP contribution in [0.5, 0.6) is 0 Å². The molecule has 3 aliphatic carbocycles. The van der Waals surface area contributed by atoms with Gasteiger partial charge in [-0.1, -0.05) is 159 Å². The molecule has 0 bridgehead atoms. The van der Waals surface area contributed by atoms with Gasteiger partial charge in [-0.15, -0.1) is 11.3 Å². The molecule has 1 nitrogen and oxygen atoms in total. The van der Waals surface area contributed by atoms with E-state index in [1.807, 2.05) is 11.3 Å². The Morgan fingerprint density at radius 2 is 0.817 bits per heavy atom. The summed E-state index contributed by atoms with van der Waals surface area (Å²) in [5.74, 6) is 0. The Morgan fingerprint density at radius 3 is 1.48 bits per heavy atom. The van der Waals surface area contributed by atoms with Gasteiger partial charge in [0.25, 0.3) is 0 Å². The average Bonchev–Trinajstić information content (AvgIpc) is 3.98. The molecule has 0 amide bonds. The highest BCUT2D eigenvalue weighted by Crippen LogP contribution is 2.63. The maximum Gasteiger partial charge on any atom is 0.0726 e. The zero-order chi connectivity index (χ0) is 39.7. The van der Waals surface area contributed by atoms with Gasteiger partial charge in [-0.2, -0.15) is 0 Å². The van der Waals surface area contributed by atoms with Crippen LogP contribution in [0.3, 0.4) is 0 Å². The molecule has 0 N–H and O–H groups in total. The summed E-state index contributed by atoms with van der Waals surface area (Å²) >= 11 is 1.87. The van der Waals surface area contributed by atoms with Crippen molar-refractivity contribution in [2.24, 2.45) is 0 Å². The Hall–Kier alpha value is -7.00. The van der Waals surface area contributed by atoms with E-state index in [4.69, 9.17) is 0 Å². The van der Waals surface area contributed by atoms with Crippen molar-refractivity contribution in [2.45, 2.75) is 24.7 Å². The molecule has 282 valence electrons. The Balaban J connectivity index is 1.05. The Kier molecular flexibility index (Phi) is 6.94. The van der Waals surface area contributed by atoms with Crippen LogP contribution in [0.2, 0.25) is 0 Å². The van der Waals surface area contributed by atoms with Gasteiger partial charge in [-0.3, -0.25) is 0 Å². The van der Waals surface area contributed by atoms with E-state index in [1.165, 1.54) is 98.1 Å². The molecule has 0 saturated heterocycles. The molecule has 1 spiro atoms. The van der Waals surface area contributed by atoms with Gasteiger partial charge in [0.05, 0.1) is 5.41 Å². The molecule has 9 aromatic carbocycles. The standard InChI is InChI=1S/C58H39NS/c1-57(2)49-21-8-3-16-41(49)45-29-27-39(34-53(45)57)59(38-15-13-14-36(32-38)37-26-31-56-48(33-37)47-20-7-12-25-55(47)60-56)40-28-30-46-44-19-6-11-24-52(44)58(54(46)35-40)50-22-9-4-17-42(50)43-18-5-10-23-51(43)58/h3-35H,1-2H3. The van der Waals surface area contributed by atoms with Crippen LogP contribution >= 0.6 is 11.3 Å². The van der Waals surface area contributed by atoms with E-state index in [-0.39, 0.29) is 5.41 Å². The third kappa shape index (κ3) is 4.46. The molecule has 2 heteroatoms. The van der Waals surface area contributed by atoms with Crippen molar-refractivity contribution in [1.82, 2.24) is 0 Å². The quantitative estimate of drug-likeness (QED) is 0.172. The third-order valence-corrected chi connectivity index (χ3v) is 15.0. The normalized spacial score (nSPS) is 14.4. The van der Waals surface area contributed by atoms with Crippen LogP contribution in [0.1, 0.15) is 47.2 Å². The van der Waals surface area contributed by atoms with E-state index in [2.05, 4.69) is 219 Å². The van der Waals surface area contributed by atoms with Gasteiger partial charge in [0.2, 0.25) is 0 Å². The monoisotopic (exact) mass is 781 g/mol. The van der Waals surface area contributed by atoms with Crippen LogP contribution in [-0.4, -0.2) is 0 Å². The number of benzene rings is 9. The lowest BCUT2D eigenvalue weighted by Gasteiger charge is -2.32. The highest BCUT2D eigenvalue weighted by Gasteiger charge is 2.51. The van der Waals surface area contributed by atoms with Gasteiger partial charge in [-0.25, -0.2) is 0 Å². The minimum absolute atomic E-state index is 0.130. The number of fused-ring (bicyclic) bond motifs is 16. The number of nitrogens with zero attached hydrogens (tertiary/aromatic N) is 1. The van der Waals surface area contributed by atoms with Crippen molar-refractivity contribution in [3.05, 3.63) is 234 Å². The molecule has 0 radical (unpaired) electrons. The lowest BCUT2D eigenvalue weighted by molar-refractivity contribution is 0.660. The van der Waals surface area contributed by atoms with Crippen molar-refractivity contribution >= 4 is 48.6 Å². The van der Waals surface area contributed by atoms with Gasteiger partial charge in [0, 0.05) is 42.6 Å². The molecule has 0 saturated carbocycles. The predicted octanol–water partition coefficient (Wildman–Crippen LogP) is 15.8. The molecule has 10 aromatic rings. The fraction of sp³-hybridized carbons (Fsp3) is 0.0690. The summed E-state index contributed by atoms with van der Waals surface area (Å²) in [5, 5.41) is 2.64. The Morgan fingerprint density at radius 1 is 0.333 bits per heavy atom. The molecule has 60 heavy (non-hydrogen) atoms. The summed E-state index contributed by atoms with van der Waals surface area (Å²) in [4.78, 5) is 2.51. The van der Waals surface area contributed by atoms with Crippen LogP contribution in [-0.2, 0) is 10.8 Å². The van der Waals surface area contributed by atoms with Gasteiger partial charge >= 0.3 is 0 Å². The predicted molar refractivity (Wildman–Crippen MR) is 253 cm³/mol. The first-order valence-corrected chi connectivity index (χ1v) is 21.8. The number of thiophene rings is 1. The lowest BCUT2D eigenvalue weighted by Crippen LogP contribution is -2.26. The lowest BCUT2D eigenvalue weighted by atomic mass is 9.70. The molecule has 1 heterocycles. The van der Waals surface area contributed by atoms with Crippen molar-refractivity contribution < 1.29 is 0 Å². The van der Waals surface area contributed by atoms with Crippen LogP contribution in [0, 0.1) is 0 Å². The summed E-state index contributed by atoms with van der Waals surface area (Å²) in [6.07, 6.45) is 0. The highest BCUT2D eigenvalue weighted by atomic mass is 32.1. The fourth-order valence-corrected chi connectivity index (χ4v) is 12.3. The van der Waals surface area contributed by atoms with Crippen LogP contribution < -0.4 is 4.90 Å². The van der Waals surface area contributed by atoms with Gasteiger partial charge in [0.15, 0.2) is 0 Å². The summed E-state index contributed by atoms with van der Waals surface area (Å²) in [5.41, 5.74) is 21.4. The molecular weight excluding hydrogens is 743 g/mol. The average molecular weight is 782 g/mol. The van der Waals surface area contributed by atoms with Crippen LogP contribution in [0.15, 0.2) is 200 Å². The second-order valence-corrected chi connectivity index (χ2v) is 18.3. The van der Waals surface area contributed by atoms with E-state index in [0.717, 1.165) is 17.1 Å². The van der Waals surface area contributed by atoms with Crippen molar-refractivity contribution in [3.63, 3.8) is 0 Å². The molecule has 0 unspecified atom stereocenters. The second-order valence-electron chi connectivity index (χ2n) is 17.2. The molecule has 0 aliphatic heterocycles. The number of hydrogen-bond donors (Lipinski definition) is 0. The molecule has 1 aromatic heterocycles. The first-order chi connectivity index (χ1) is 29.5. The summed E-state index contributed by atoms with van der Waals surface area (Å²) in [7, 11) is 0. The maximum absolute atomic E-state index is 2.51. The Labute approximate surface area is 354 Å². The smallest absolute Gasteiger partial charge is 0.0726 e. The first kappa shape index (κ1) is 33.9. The van der Waals surface area contributed by atoms with Crippen molar-refractivity contribution in [1.29, 1.82) is 0 Å². The maximum atomic E-state index is 2.51. The van der Waals surface area contributed by atoms with E-state index in [0.29, 0.717) is 0 Å². The molecule has 0 fully saturated rings. The SMILES string of the molecule is CC1(C)c2ccccc2-c2ccc(N(c3cccc(-c4ccc5sc6ccccc6c5c4)c3)c3ccc4c(c3)C3(c5ccccc5-c5ccccc53)c3ccccc3-4)cc21.